The summed E-state index contributed by atoms with van der Waals surface area (Å²) in [6, 6.07) is 8.82. The minimum absolute atomic E-state index is 0.511. The first-order chi connectivity index (χ1) is 11.7. The van der Waals surface area contributed by atoms with Crippen molar-refractivity contribution in [2.45, 2.75) is 44.7 Å². The summed E-state index contributed by atoms with van der Waals surface area (Å²) in [6.07, 6.45) is 5.57. The Labute approximate surface area is 143 Å². The third kappa shape index (κ3) is 3.41. The van der Waals surface area contributed by atoms with Crippen molar-refractivity contribution in [3.05, 3.63) is 47.7 Å². The highest BCUT2D eigenvalue weighted by Crippen LogP contribution is 2.38. The maximum atomic E-state index is 4.78. The van der Waals surface area contributed by atoms with E-state index >= 15 is 0 Å². The number of anilines is 1. The number of likely N-dealkylation sites (tertiary alicyclic amines) is 1. The van der Waals surface area contributed by atoms with Gasteiger partial charge in [0, 0.05) is 50.5 Å². The van der Waals surface area contributed by atoms with Gasteiger partial charge in [0.1, 0.15) is 11.6 Å². The van der Waals surface area contributed by atoms with E-state index in [1.165, 1.54) is 19.3 Å². The normalized spacial score (nSPS) is 21.2. The van der Waals surface area contributed by atoms with E-state index in [2.05, 4.69) is 51.9 Å². The monoisotopic (exact) mass is 323 g/mol. The number of aromatic nitrogens is 3. The van der Waals surface area contributed by atoms with Crippen molar-refractivity contribution in [1.29, 1.82) is 0 Å². The number of hydrogen-bond acceptors (Lipinski definition) is 5. The highest BCUT2D eigenvalue weighted by Gasteiger charge is 2.29. The lowest BCUT2D eigenvalue weighted by atomic mass is 10.2. The molecule has 0 amide bonds. The lowest BCUT2D eigenvalue weighted by Gasteiger charge is -2.26. The van der Waals surface area contributed by atoms with Crippen molar-refractivity contribution < 1.29 is 0 Å². The summed E-state index contributed by atoms with van der Waals surface area (Å²) in [6.45, 7) is 5.17. The first-order valence-electron chi connectivity index (χ1n) is 8.90. The summed E-state index contributed by atoms with van der Waals surface area (Å²) < 4.78 is 0. The molecule has 1 aliphatic heterocycles. The molecule has 0 bridgehead atoms. The fraction of sp³-hybridized carbons (Fsp3) is 0.526. The molecule has 1 unspecified atom stereocenters. The minimum Gasteiger partial charge on any atom is -0.355 e. The van der Waals surface area contributed by atoms with Crippen molar-refractivity contribution in [3.8, 4) is 0 Å². The average Bonchev–Trinajstić information content (AvgIpc) is 3.34. The van der Waals surface area contributed by atoms with Crippen LogP contribution in [0.5, 0.6) is 0 Å². The van der Waals surface area contributed by atoms with Crippen molar-refractivity contribution in [1.82, 2.24) is 19.9 Å². The van der Waals surface area contributed by atoms with Gasteiger partial charge in [-0.15, -0.1) is 0 Å². The Hall–Kier alpha value is -2.01. The van der Waals surface area contributed by atoms with Crippen LogP contribution in [0.1, 0.15) is 42.4 Å². The summed E-state index contributed by atoms with van der Waals surface area (Å²) in [7, 11) is 2.16. The van der Waals surface area contributed by atoms with E-state index in [9.17, 15) is 0 Å². The highest BCUT2D eigenvalue weighted by molar-refractivity contribution is 5.39. The van der Waals surface area contributed by atoms with Crippen LogP contribution >= 0.6 is 0 Å². The molecule has 2 aromatic heterocycles. The van der Waals surface area contributed by atoms with Crippen LogP contribution in [0.15, 0.2) is 30.5 Å². The van der Waals surface area contributed by atoms with Crippen LogP contribution in [0, 0.1) is 6.92 Å². The topological polar surface area (TPSA) is 45.2 Å². The first-order valence-corrected chi connectivity index (χ1v) is 8.90. The zero-order valence-electron chi connectivity index (χ0n) is 14.5. The fourth-order valence-corrected chi connectivity index (χ4v) is 3.47. The van der Waals surface area contributed by atoms with Crippen LogP contribution in [-0.2, 0) is 6.54 Å². The zero-order valence-corrected chi connectivity index (χ0v) is 14.5. The second-order valence-corrected chi connectivity index (χ2v) is 7.11. The number of pyridine rings is 1. The highest BCUT2D eigenvalue weighted by atomic mass is 15.3. The van der Waals surface area contributed by atoms with Crippen LogP contribution in [0.4, 0.5) is 5.82 Å². The second kappa shape index (κ2) is 6.48. The van der Waals surface area contributed by atoms with Gasteiger partial charge in [-0.3, -0.25) is 9.88 Å². The predicted molar refractivity (Wildman–Crippen MR) is 95.1 cm³/mol. The smallest absolute Gasteiger partial charge is 0.133 e. The van der Waals surface area contributed by atoms with Crippen LogP contribution < -0.4 is 4.90 Å². The second-order valence-electron chi connectivity index (χ2n) is 7.11. The van der Waals surface area contributed by atoms with E-state index in [0.717, 1.165) is 42.7 Å². The Kier molecular flexibility index (Phi) is 4.19. The first kappa shape index (κ1) is 15.5. The van der Waals surface area contributed by atoms with Gasteiger partial charge in [-0.25, -0.2) is 9.97 Å². The van der Waals surface area contributed by atoms with E-state index in [0.29, 0.717) is 12.0 Å². The van der Waals surface area contributed by atoms with Gasteiger partial charge in [0.15, 0.2) is 0 Å². The van der Waals surface area contributed by atoms with Crippen LogP contribution in [0.2, 0.25) is 0 Å². The molecule has 2 aromatic rings. The van der Waals surface area contributed by atoms with Gasteiger partial charge in [-0.1, -0.05) is 6.07 Å². The molecule has 5 heteroatoms. The van der Waals surface area contributed by atoms with E-state index in [4.69, 9.17) is 4.98 Å². The molecule has 4 rings (SSSR count). The Morgan fingerprint density at radius 2 is 2.04 bits per heavy atom. The van der Waals surface area contributed by atoms with E-state index < -0.39 is 0 Å². The zero-order chi connectivity index (χ0) is 16.5. The van der Waals surface area contributed by atoms with E-state index in [1.54, 1.807) is 0 Å². The quantitative estimate of drug-likeness (QED) is 0.846. The number of rotatable bonds is 5. The minimum atomic E-state index is 0.511. The molecule has 0 N–H and O–H groups in total. The summed E-state index contributed by atoms with van der Waals surface area (Å²) in [5.74, 6) is 2.69. The molecule has 3 heterocycles. The summed E-state index contributed by atoms with van der Waals surface area (Å²) >= 11 is 0. The number of aryl methyl sites for hydroxylation is 1. The SMILES string of the molecule is Cc1cccc(CN2CCC(N(C)c3ccnc(C4CC4)n3)C2)n1. The molecule has 5 nitrogen and oxygen atoms in total. The van der Waals surface area contributed by atoms with Crippen molar-refractivity contribution in [2.24, 2.45) is 0 Å². The summed E-state index contributed by atoms with van der Waals surface area (Å²) in [5.41, 5.74) is 2.25. The maximum absolute atomic E-state index is 4.78. The van der Waals surface area contributed by atoms with Gasteiger partial charge in [-0.05, 0) is 44.4 Å². The van der Waals surface area contributed by atoms with Gasteiger partial charge in [-0.2, -0.15) is 0 Å². The van der Waals surface area contributed by atoms with Gasteiger partial charge < -0.3 is 4.90 Å². The molecule has 0 radical (unpaired) electrons. The van der Waals surface area contributed by atoms with Gasteiger partial charge in [0.2, 0.25) is 0 Å². The van der Waals surface area contributed by atoms with E-state index in [1.807, 2.05) is 12.3 Å². The molecule has 0 spiro atoms. The Morgan fingerprint density at radius 1 is 1.17 bits per heavy atom. The molecule has 126 valence electrons. The molecule has 2 aliphatic rings. The van der Waals surface area contributed by atoms with Gasteiger partial charge in [0.25, 0.3) is 0 Å². The third-order valence-corrected chi connectivity index (χ3v) is 5.09. The van der Waals surface area contributed by atoms with Gasteiger partial charge in [0.05, 0.1) is 5.69 Å². The molecule has 1 saturated carbocycles. The van der Waals surface area contributed by atoms with Crippen LogP contribution in [-0.4, -0.2) is 46.0 Å². The molecular weight excluding hydrogens is 298 g/mol. The molecular formula is C19H25N5. The predicted octanol–water partition coefficient (Wildman–Crippen LogP) is 2.77. The number of hydrogen-bond donors (Lipinski definition) is 0. The van der Waals surface area contributed by atoms with Crippen LogP contribution in [0.3, 0.4) is 0 Å². The largest absolute Gasteiger partial charge is 0.355 e. The lowest BCUT2D eigenvalue weighted by Crippen LogP contribution is -2.35. The van der Waals surface area contributed by atoms with Gasteiger partial charge >= 0.3 is 0 Å². The summed E-state index contributed by atoms with van der Waals surface area (Å²) in [4.78, 5) is 18.7. The molecule has 1 saturated heterocycles. The fourth-order valence-electron chi connectivity index (χ4n) is 3.47. The Balaban J connectivity index is 1.39. The number of nitrogens with zero attached hydrogens (tertiary/aromatic N) is 5. The third-order valence-electron chi connectivity index (χ3n) is 5.09. The van der Waals surface area contributed by atoms with E-state index in [-0.39, 0.29) is 0 Å². The standard InChI is InChI=1S/C19H25N5/c1-14-4-3-5-16(21-14)12-24-11-9-17(13-24)23(2)18-8-10-20-19(22-18)15-6-7-15/h3-5,8,10,15,17H,6-7,9,11-13H2,1-2H3. The molecule has 1 atom stereocenters. The number of likely N-dealkylation sites (N-methyl/N-ethyl adjacent to an activating group) is 1. The Bertz CT molecular complexity index is 712. The molecule has 2 fully saturated rings. The maximum Gasteiger partial charge on any atom is 0.133 e. The van der Waals surface area contributed by atoms with Crippen molar-refractivity contribution >= 4 is 5.82 Å². The lowest BCUT2D eigenvalue weighted by molar-refractivity contribution is 0.321. The molecule has 24 heavy (non-hydrogen) atoms. The average molecular weight is 323 g/mol. The molecule has 1 aliphatic carbocycles. The summed E-state index contributed by atoms with van der Waals surface area (Å²) in [5, 5.41) is 0. The van der Waals surface area contributed by atoms with Crippen molar-refractivity contribution in [3.63, 3.8) is 0 Å². The molecule has 0 aromatic carbocycles. The van der Waals surface area contributed by atoms with Crippen molar-refractivity contribution in [2.75, 3.05) is 25.0 Å². The van der Waals surface area contributed by atoms with Crippen LogP contribution in [0.25, 0.3) is 0 Å². The Morgan fingerprint density at radius 3 is 2.83 bits per heavy atom.